The zero-order chi connectivity index (χ0) is 12.4. The lowest BCUT2D eigenvalue weighted by Gasteiger charge is -2.19. The topological polar surface area (TPSA) is 43.0 Å². The summed E-state index contributed by atoms with van der Waals surface area (Å²) in [5.74, 6) is 1.03. The Bertz CT molecular complexity index is 483. The third-order valence-corrected chi connectivity index (χ3v) is 3.66. The van der Waals surface area contributed by atoms with Crippen molar-refractivity contribution in [3.05, 3.63) is 42.4 Å². The molecule has 0 aromatic carbocycles. The highest BCUT2D eigenvalue weighted by Crippen LogP contribution is 2.26. The zero-order valence-electron chi connectivity index (χ0n) is 10.7. The number of hydrogen-bond donors (Lipinski definition) is 1. The van der Waals surface area contributed by atoms with Crippen molar-refractivity contribution in [1.82, 2.24) is 14.9 Å². The number of imidazole rings is 1. The van der Waals surface area contributed by atoms with Crippen molar-refractivity contribution in [2.24, 2.45) is 0 Å². The lowest BCUT2D eigenvalue weighted by molar-refractivity contribution is 0.431. The monoisotopic (exact) mass is 245 g/mol. The summed E-state index contributed by atoms with van der Waals surface area (Å²) in [6, 6.07) is 4.80. The fourth-order valence-corrected chi connectivity index (χ4v) is 2.71. The number of furan rings is 1. The van der Waals surface area contributed by atoms with E-state index < -0.39 is 0 Å². The molecule has 0 aliphatic carbocycles. The fourth-order valence-electron chi connectivity index (χ4n) is 2.71. The highest BCUT2D eigenvalue weighted by atomic mass is 16.3. The van der Waals surface area contributed by atoms with Gasteiger partial charge < -0.3 is 14.3 Å². The maximum Gasteiger partial charge on any atom is 0.105 e. The van der Waals surface area contributed by atoms with E-state index in [4.69, 9.17) is 4.42 Å². The molecule has 96 valence electrons. The molecular weight excluding hydrogens is 226 g/mol. The molecule has 1 N–H and O–H groups in total. The maximum absolute atomic E-state index is 5.42. The van der Waals surface area contributed by atoms with Crippen LogP contribution in [0.1, 0.15) is 43.3 Å². The second kappa shape index (κ2) is 4.98. The van der Waals surface area contributed by atoms with Gasteiger partial charge in [0, 0.05) is 24.7 Å². The minimum absolute atomic E-state index is 0.371. The van der Waals surface area contributed by atoms with Gasteiger partial charge in [-0.2, -0.15) is 0 Å². The van der Waals surface area contributed by atoms with E-state index in [1.807, 2.05) is 24.7 Å². The number of aromatic nitrogens is 2. The van der Waals surface area contributed by atoms with Gasteiger partial charge in [-0.3, -0.25) is 0 Å². The molecule has 0 bridgehead atoms. The van der Waals surface area contributed by atoms with Gasteiger partial charge in [0.15, 0.2) is 0 Å². The third-order valence-electron chi connectivity index (χ3n) is 3.66. The Hall–Kier alpha value is -1.55. The summed E-state index contributed by atoms with van der Waals surface area (Å²) in [6.07, 6.45) is 9.02. The van der Waals surface area contributed by atoms with Crippen LogP contribution in [0.5, 0.6) is 0 Å². The first-order valence-electron chi connectivity index (χ1n) is 6.62. The van der Waals surface area contributed by atoms with E-state index in [1.54, 1.807) is 6.26 Å². The summed E-state index contributed by atoms with van der Waals surface area (Å²) in [7, 11) is 0. The van der Waals surface area contributed by atoms with Crippen molar-refractivity contribution >= 4 is 0 Å². The Morgan fingerprint density at radius 2 is 2.56 bits per heavy atom. The van der Waals surface area contributed by atoms with E-state index in [0.29, 0.717) is 12.1 Å². The van der Waals surface area contributed by atoms with Crippen LogP contribution < -0.4 is 5.32 Å². The Kier molecular flexibility index (Phi) is 3.19. The van der Waals surface area contributed by atoms with E-state index in [9.17, 15) is 0 Å². The summed E-state index contributed by atoms with van der Waals surface area (Å²) in [6.45, 7) is 3.32. The van der Waals surface area contributed by atoms with Crippen LogP contribution >= 0.6 is 0 Å². The molecule has 18 heavy (non-hydrogen) atoms. The Morgan fingerprint density at radius 1 is 1.61 bits per heavy atom. The van der Waals surface area contributed by atoms with Gasteiger partial charge in [0.25, 0.3) is 0 Å². The van der Waals surface area contributed by atoms with Crippen molar-refractivity contribution in [3.63, 3.8) is 0 Å². The van der Waals surface area contributed by atoms with Gasteiger partial charge in [-0.15, -0.1) is 0 Å². The van der Waals surface area contributed by atoms with Crippen LogP contribution in [0.4, 0.5) is 0 Å². The molecule has 4 nitrogen and oxygen atoms in total. The number of hydrogen-bond acceptors (Lipinski definition) is 3. The first-order chi connectivity index (χ1) is 8.84. The molecule has 1 saturated heterocycles. The molecule has 1 aliphatic heterocycles. The molecule has 0 spiro atoms. The van der Waals surface area contributed by atoms with Gasteiger partial charge in [0.1, 0.15) is 5.76 Å². The lowest BCUT2D eigenvalue weighted by atomic mass is 10.1. The van der Waals surface area contributed by atoms with Gasteiger partial charge in [0.2, 0.25) is 0 Å². The SMILES string of the molecule is CC(Cc1ccco1)n1cncc1[C@@H]1CCCN1. The lowest BCUT2D eigenvalue weighted by Crippen LogP contribution is -2.19. The second-order valence-electron chi connectivity index (χ2n) is 5.01. The van der Waals surface area contributed by atoms with Crippen LogP contribution in [0.2, 0.25) is 0 Å². The van der Waals surface area contributed by atoms with Gasteiger partial charge in [-0.25, -0.2) is 4.98 Å². The zero-order valence-corrected chi connectivity index (χ0v) is 10.7. The average molecular weight is 245 g/mol. The Labute approximate surface area is 107 Å². The van der Waals surface area contributed by atoms with Crippen molar-refractivity contribution < 1.29 is 4.42 Å². The van der Waals surface area contributed by atoms with Gasteiger partial charge in [-0.05, 0) is 38.4 Å². The van der Waals surface area contributed by atoms with Gasteiger partial charge in [-0.1, -0.05) is 0 Å². The van der Waals surface area contributed by atoms with Gasteiger partial charge in [0.05, 0.1) is 18.3 Å². The molecule has 0 amide bonds. The van der Waals surface area contributed by atoms with Crippen molar-refractivity contribution in [2.75, 3.05) is 6.54 Å². The first-order valence-corrected chi connectivity index (χ1v) is 6.62. The summed E-state index contributed by atoms with van der Waals surface area (Å²) in [4.78, 5) is 4.31. The molecule has 3 rings (SSSR count). The summed E-state index contributed by atoms with van der Waals surface area (Å²) >= 11 is 0. The summed E-state index contributed by atoms with van der Waals surface area (Å²) in [5, 5.41) is 3.53. The standard InChI is InChI=1S/C14H19N3O/c1-11(8-12-4-3-7-18-12)17-10-15-9-14(17)13-5-2-6-16-13/h3-4,7,9-11,13,16H,2,5-6,8H2,1H3/t11?,13-/m0/s1. The Balaban J connectivity index is 1.77. The highest BCUT2D eigenvalue weighted by molar-refractivity contribution is 5.09. The van der Waals surface area contributed by atoms with E-state index in [0.717, 1.165) is 18.7 Å². The molecule has 2 aromatic rings. The molecule has 4 heteroatoms. The minimum Gasteiger partial charge on any atom is -0.469 e. The largest absolute Gasteiger partial charge is 0.469 e. The molecule has 1 unspecified atom stereocenters. The first kappa shape index (κ1) is 11.5. The van der Waals surface area contributed by atoms with E-state index >= 15 is 0 Å². The third kappa shape index (κ3) is 2.20. The van der Waals surface area contributed by atoms with Gasteiger partial charge >= 0.3 is 0 Å². The van der Waals surface area contributed by atoms with Crippen LogP contribution in [0.25, 0.3) is 0 Å². The van der Waals surface area contributed by atoms with E-state index in [2.05, 4.69) is 21.8 Å². The highest BCUT2D eigenvalue weighted by Gasteiger charge is 2.21. The molecule has 3 heterocycles. The molecule has 0 saturated carbocycles. The van der Waals surface area contributed by atoms with Crippen LogP contribution in [0.15, 0.2) is 35.3 Å². The quantitative estimate of drug-likeness (QED) is 0.900. The molecule has 0 radical (unpaired) electrons. The van der Waals surface area contributed by atoms with Crippen molar-refractivity contribution in [3.8, 4) is 0 Å². The fraction of sp³-hybridized carbons (Fsp3) is 0.500. The normalized spacial score (nSPS) is 21.3. The van der Waals surface area contributed by atoms with Crippen LogP contribution in [0.3, 0.4) is 0 Å². The number of nitrogens with one attached hydrogen (secondary N) is 1. The molecule has 2 aromatic heterocycles. The number of nitrogens with zero attached hydrogens (tertiary/aromatic N) is 2. The van der Waals surface area contributed by atoms with Crippen LogP contribution in [-0.2, 0) is 6.42 Å². The van der Waals surface area contributed by atoms with Crippen molar-refractivity contribution in [1.29, 1.82) is 0 Å². The average Bonchev–Trinajstić information content (AvgIpc) is 3.11. The predicted octanol–water partition coefficient (Wildman–Crippen LogP) is 2.70. The maximum atomic E-state index is 5.42. The smallest absolute Gasteiger partial charge is 0.105 e. The second-order valence-corrected chi connectivity index (χ2v) is 5.01. The summed E-state index contributed by atoms with van der Waals surface area (Å²) < 4.78 is 7.69. The van der Waals surface area contributed by atoms with E-state index in [1.165, 1.54) is 18.5 Å². The van der Waals surface area contributed by atoms with Crippen LogP contribution in [0, 0.1) is 0 Å². The molecule has 1 fully saturated rings. The Morgan fingerprint density at radius 3 is 3.28 bits per heavy atom. The predicted molar refractivity (Wildman–Crippen MR) is 69.3 cm³/mol. The molecule has 2 atom stereocenters. The molecule has 1 aliphatic rings. The van der Waals surface area contributed by atoms with E-state index in [-0.39, 0.29) is 0 Å². The molecular formula is C14H19N3O. The summed E-state index contributed by atoms with van der Waals surface area (Å²) in [5.41, 5.74) is 1.30. The minimum atomic E-state index is 0.371. The van der Waals surface area contributed by atoms with Crippen molar-refractivity contribution in [2.45, 2.75) is 38.3 Å². The van der Waals surface area contributed by atoms with Crippen LogP contribution in [-0.4, -0.2) is 16.1 Å². The number of rotatable bonds is 4.